The summed E-state index contributed by atoms with van der Waals surface area (Å²) >= 11 is 0. The molecule has 0 amide bonds. The van der Waals surface area contributed by atoms with Crippen molar-refractivity contribution >= 4 is 0 Å². The fourth-order valence-electron chi connectivity index (χ4n) is 0.320. The minimum atomic E-state index is 0.407. The number of allylic oxidation sites excluding steroid dienone is 1. The topological polar surface area (TPSA) is 33.0 Å². The van der Waals surface area contributed by atoms with Crippen LogP contribution in [0, 0.1) is 11.5 Å². The van der Waals surface area contributed by atoms with E-state index in [0.29, 0.717) is 6.61 Å². The van der Waals surface area contributed by atoms with E-state index < -0.39 is 0 Å². The molecule has 2 nitrogen and oxygen atoms in total. The molecule has 0 atom stereocenters. The summed E-state index contributed by atoms with van der Waals surface area (Å²) < 4.78 is 4.35. The van der Waals surface area contributed by atoms with E-state index in [0.717, 1.165) is 6.42 Å². The summed E-state index contributed by atoms with van der Waals surface area (Å²) in [5.74, 6) is 0. The molecule has 0 rings (SSSR count). The summed E-state index contributed by atoms with van der Waals surface area (Å²) in [5, 5.41) is 7.86. The molecule has 0 aliphatic heterocycles. The van der Waals surface area contributed by atoms with Crippen LogP contribution in [0.1, 0.15) is 13.3 Å². The molecule has 0 aromatic heterocycles. The zero-order chi connectivity index (χ0) is 6.24. The lowest BCUT2D eigenvalue weighted by atomic mass is 10.4. The molecule has 0 unspecified atom stereocenters. The van der Waals surface area contributed by atoms with Crippen LogP contribution in [-0.4, -0.2) is 6.61 Å². The molecule has 8 heavy (non-hydrogen) atoms. The van der Waals surface area contributed by atoms with Crippen molar-refractivity contribution in [1.82, 2.24) is 0 Å². The second kappa shape index (κ2) is 6.03. The van der Waals surface area contributed by atoms with Crippen molar-refractivity contribution in [2.24, 2.45) is 0 Å². The predicted octanol–water partition coefficient (Wildman–Crippen LogP) is 1.45. The van der Waals surface area contributed by atoms with Gasteiger partial charge in [-0.3, -0.25) is 0 Å². The first kappa shape index (κ1) is 7.03. The first-order valence-corrected chi connectivity index (χ1v) is 2.57. The monoisotopic (exact) mass is 111 g/mol. The van der Waals surface area contributed by atoms with Gasteiger partial charge in [0.25, 0.3) is 6.26 Å². The number of hydrogen-bond acceptors (Lipinski definition) is 2. The molecule has 0 N–H and O–H groups in total. The number of ether oxygens (including phenoxy) is 1. The molecule has 0 aromatic rings. The normalized spacial score (nSPS) is 9.00. The van der Waals surface area contributed by atoms with E-state index in [1.807, 2.05) is 19.1 Å². The summed E-state index contributed by atoms with van der Waals surface area (Å²) in [6, 6.07) is 0. The fourth-order valence-corrected chi connectivity index (χ4v) is 0.320. The summed E-state index contributed by atoms with van der Waals surface area (Å²) in [5.41, 5.74) is 0. The Bertz CT molecular complexity index is 102. The lowest BCUT2D eigenvalue weighted by Crippen LogP contribution is -1.78. The van der Waals surface area contributed by atoms with E-state index in [2.05, 4.69) is 4.74 Å². The second-order valence-corrected chi connectivity index (χ2v) is 1.28. The SMILES string of the molecule is CC/C=C/COC#N. The van der Waals surface area contributed by atoms with Crippen molar-refractivity contribution < 1.29 is 4.74 Å². The minimum Gasteiger partial charge on any atom is -0.423 e. The molecule has 0 bridgehead atoms. The number of rotatable bonds is 3. The van der Waals surface area contributed by atoms with Gasteiger partial charge in [0.1, 0.15) is 6.61 Å². The van der Waals surface area contributed by atoms with Crippen molar-refractivity contribution in [2.45, 2.75) is 13.3 Å². The molecule has 0 radical (unpaired) electrons. The zero-order valence-corrected chi connectivity index (χ0v) is 4.92. The maximum atomic E-state index is 7.86. The second-order valence-electron chi connectivity index (χ2n) is 1.28. The van der Waals surface area contributed by atoms with E-state index >= 15 is 0 Å². The molecule has 0 saturated carbocycles. The Morgan fingerprint density at radius 1 is 1.62 bits per heavy atom. The fraction of sp³-hybridized carbons (Fsp3) is 0.500. The first-order valence-electron chi connectivity index (χ1n) is 2.57. The lowest BCUT2D eigenvalue weighted by molar-refractivity contribution is 0.312. The van der Waals surface area contributed by atoms with Crippen molar-refractivity contribution in [3.05, 3.63) is 12.2 Å². The Kier molecular flexibility index (Phi) is 5.30. The summed E-state index contributed by atoms with van der Waals surface area (Å²) in [6.07, 6.45) is 6.35. The molecule has 44 valence electrons. The van der Waals surface area contributed by atoms with E-state index in [-0.39, 0.29) is 0 Å². The Labute approximate surface area is 49.4 Å². The van der Waals surface area contributed by atoms with Crippen LogP contribution in [-0.2, 0) is 4.74 Å². The van der Waals surface area contributed by atoms with Gasteiger partial charge in [0, 0.05) is 0 Å². The average molecular weight is 111 g/mol. The van der Waals surface area contributed by atoms with Crippen molar-refractivity contribution in [1.29, 1.82) is 5.26 Å². The Morgan fingerprint density at radius 3 is 2.88 bits per heavy atom. The van der Waals surface area contributed by atoms with Crippen LogP contribution in [0.5, 0.6) is 0 Å². The van der Waals surface area contributed by atoms with Crippen LogP contribution in [0.15, 0.2) is 12.2 Å². The van der Waals surface area contributed by atoms with Crippen molar-refractivity contribution in [3.8, 4) is 6.26 Å². The van der Waals surface area contributed by atoms with Gasteiger partial charge in [-0.2, -0.15) is 5.26 Å². The largest absolute Gasteiger partial charge is 0.423 e. The number of nitrogens with zero attached hydrogens (tertiary/aromatic N) is 1. The lowest BCUT2D eigenvalue weighted by Gasteiger charge is -1.83. The smallest absolute Gasteiger partial charge is 0.286 e. The highest BCUT2D eigenvalue weighted by atomic mass is 16.5. The van der Waals surface area contributed by atoms with Crippen LogP contribution in [0.3, 0.4) is 0 Å². The van der Waals surface area contributed by atoms with Gasteiger partial charge in [-0.05, 0) is 6.42 Å². The molecule has 0 aromatic carbocycles. The third-order valence-corrected chi connectivity index (χ3v) is 0.646. The highest BCUT2D eigenvalue weighted by Crippen LogP contribution is 1.79. The van der Waals surface area contributed by atoms with Gasteiger partial charge in [-0.25, -0.2) is 0 Å². The molecular formula is C6H9NO. The molecular weight excluding hydrogens is 102 g/mol. The van der Waals surface area contributed by atoms with Crippen molar-refractivity contribution in [3.63, 3.8) is 0 Å². The maximum absolute atomic E-state index is 7.86. The van der Waals surface area contributed by atoms with Crippen LogP contribution in [0.25, 0.3) is 0 Å². The molecule has 0 fully saturated rings. The molecule has 2 heteroatoms. The van der Waals surface area contributed by atoms with Gasteiger partial charge in [-0.15, -0.1) is 0 Å². The van der Waals surface area contributed by atoms with E-state index in [1.54, 1.807) is 6.26 Å². The van der Waals surface area contributed by atoms with Gasteiger partial charge in [0.2, 0.25) is 0 Å². The van der Waals surface area contributed by atoms with Crippen LogP contribution in [0.4, 0.5) is 0 Å². The van der Waals surface area contributed by atoms with Gasteiger partial charge in [-0.1, -0.05) is 19.1 Å². The third-order valence-electron chi connectivity index (χ3n) is 0.646. The quantitative estimate of drug-likeness (QED) is 0.313. The molecule has 0 aliphatic rings. The van der Waals surface area contributed by atoms with Gasteiger partial charge < -0.3 is 4.74 Å². The van der Waals surface area contributed by atoms with E-state index in [4.69, 9.17) is 5.26 Å². The van der Waals surface area contributed by atoms with Gasteiger partial charge >= 0.3 is 0 Å². The standard InChI is InChI=1S/C6H9NO/c1-2-3-4-5-8-6-7/h3-4H,2,5H2,1H3/b4-3+. The highest BCUT2D eigenvalue weighted by Gasteiger charge is 1.71. The first-order chi connectivity index (χ1) is 3.91. The maximum Gasteiger partial charge on any atom is 0.286 e. The Hall–Kier alpha value is -0.970. The highest BCUT2D eigenvalue weighted by molar-refractivity contribution is 4.80. The Morgan fingerprint density at radius 2 is 2.38 bits per heavy atom. The Balaban J connectivity index is 2.94. The van der Waals surface area contributed by atoms with Gasteiger partial charge in [0.15, 0.2) is 0 Å². The molecule has 0 spiro atoms. The predicted molar refractivity (Wildman–Crippen MR) is 31.0 cm³/mol. The number of nitriles is 1. The summed E-state index contributed by atoms with van der Waals surface area (Å²) in [7, 11) is 0. The zero-order valence-electron chi connectivity index (χ0n) is 4.92. The summed E-state index contributed by atoms with van der Waals surface area (Å²) in [6.45, 7) is 2.44. The molecule has 0 aliphatic carbocycles. The summed E-state index contributed by atoms with van der Waals surface area (Å²) in [4.78, 5) is 0. The van der Waals surface area contributed by atoms with Crippen molar-refractivity contribution in [2.75, 3.05) is 6.61 Å². The molecule has 0 heterocycles. The van der Waals surface area contributed by atoms with E-state index in [9.17, 15) is 0 Å². The van der Waals surface area contributed by atoms with Crippen LogP contribution >= 0.6 is 0 Å². The third kappa shape index (κ3) is 5.03. The molecule has 0 saturated heterocycles. The van der Waals surface area contributed by atoms with Crippen LogP contribution < -0.4 is 0 Å². The van der Waals surface area contributed by atoms with Crippen LogP contribution in [0.2, 0.25) is 0 Å². The van der Waals surface area contributed by atoms with E-state index in [1.165, 1.54) is 0 Å². The number of hydrogen-bond donors (Lipinski definition) is 0. The minimum absolute atomic E-state index is 0.407. The average Bonchev–Trinajstić information content (AvgIpc) is 1.81. The van der Waals surface area contributed by atoms with Gasteiger partial charge in [0.05, 0.1) is 0 Å².